The average Bonchev–Trinajstić information content (AvgIpc) is 3.53. The largest absolute Gasteiger partial charge is 0.497 e. The van der Waals surface area contributed by atoms with E-state index in [4.69, 9.17) is 15.5 Å². The number of aromatic nitrogens is 2. The van der Waals surface area contributed by atoms with E-state index in [1.54, 1.807) is 18.4 Å². The van der Waals surface area contributed by atoms with Gasteiger partial charge in [-0.25, -0.2) is 4.98 Å². The Morgan fingerprint density at radius 2 is 2.05 bits per heavy atom. The summed E-state index contributed by atoms with van der Waals surface area (Å²) in [5.74, 6) is 1.34. The van der Waals surface area contributed by atoms with Crippen molar-refractivity contribution < 1.29 is 14.0 Å². The molecule has 7 nitrogen and oxygen atoms in total. The van der Waals surface area contributed by atoms with Crippen molar-refractivity contribution in [3.05, 3.63) is 64.5 Å². The van der Waals surface area contributed by atoms with Gasteiger partial charge in [-0.2, -0.15) is 11.3 Å². The molecule has 0 bridgehead atoms. The number of nitrogens with one attached hydrogen (secondary N) is 2. The minimum atomic E-state index is -0.200. The molecule has 3 aromatic heterocycles. The van der Waals surface area contributed by atoms with Gasteiger partial charge in [0, 0.05) is 46.9 Å². The zero-order valence-electron chi connectivity index (χ0n) is 21.5. The number of carbonyl (C=O) groups excluding carboxylic acids is 1. The van der Waals surface area contributed by atoms with Crippen LogP contribution >= 0.6 is 11.3 Å². The molecule has 4 heterocycles. The number of primary amides is 1. The van der Waals surface area contributed by atoms with Crippen LogP contribution in [0, 0.1) is 0 Å². The molecule has 4 N–H and O–H groups in total. The highest BCUT2D eigenvalue weighted by Crippen LogP contribution is 2.33. The predicted molar refractivity (Wildman–Crippen MR) is 153 cm³/mol. The van der Waals surface area contributed by atoms with Crippen molar-refractivity contribution in [3.8, 4) is 0 Å². The Labute approximate surface area is 221 Å². The summed E-state index contributed by atoms with van der Waals surface area (Å²) < 4.78 is 6.16. The Morgan fingerprint density at radius 3 is 2.78 bits per heavy atom. The van der Waals surface area contributed by atoms with E-state index in [2.05, 4.69) is 51.9 Å². The molecule has 194 valence electrons. The van der Waals surface area contributed by atoms with Gasteiger partial charge >= 0.3 is 0 Å². The monoisotopic (exact) mass is 518 g/mol. The summed E-state index contributed by atoms with van der Waals surface area (Å²) in [6.07, 6.45) is 5.32. The SMILES string of the molecule is C=C(OC)c1ccc2c(c1)[nH]c1cc(Cc3ccsc3)nc(NCCC[N+]3(CC(N)=O)CCCCC3)c12. The fraction of sp³-hybridized carbons (Fsp3) is 0.379. The Hall–Kier alpha value is -3.36. The molecule has 4 aromatic rings. The van der Waals surface area contributed by atoms with E-state index in [1.807, 2.05) is 6.07 Å². The molecule has 1 aliphatic rings. The predicted octanol–water partition coefficient (Wildman–Crippen LogP) is 5.27. The van der Waals surface area contributed by atoms with Gasteiger partial charge in [-0.1, -0.05) is 18.7 Å². The molecule has 0 radical (unpaired) electrons. The first-order valence-electron chi connectivity index (χ1n) is 13.0. The second kappa shape index (κ2) is 10.9. The van der Waals surface area contributed by atoms with Crippen molar-refractivity contribution in [1.29, 1.82) is 0 Å². The average molecular weight is 519 g/mol. The topological polar surface area (TPSA) is 93.0 Å². The Kier molecular flexibility index (Phi) is 7.48. The third kappa shape index (κ3) is 5.65. The summed E-state index contributed by atoms with van der Waals surface area (Å²) >= 11 is 1.70. The highest BCUT2D eigenvalue weighted by molar-refractivity contribution is 7.07. The van der Waals surface area contributed by atoms with E-state index in [0.29, 0.717) is 12.3 Å². The Balaban J connectivity index is 1.42. The Morgan fingerprint density at radius 1 is 1.22 bits per heavy atom. The van der Waals surface area contributed by atoms with E-state index in [-0.39, 0.29) is 5.91 Å². The maximum atomic E-state index is 11.8. The molecule has 0 saturated carbocycles. The number of pyridine rings is 1. The lowest BCUT2D eigenvalue weighted by Gasteiger charge is -2.40. The van der Waals surface area contributed by atoms with E-state index in [0.717, 1.165) is 82.4 Å². The molecule has 1 aliphatic heterocycles. The van der Waals surface area contributed by atoms with Crippen molar-refractivity contribution >= 4 is 50.6 Å². The molecule has 1 saturated heterocycles. The second-order valence-corrected chi connectivity index (χ2v) is 11.0. The first-order valence-corrected chi connectivity index (χ1v) is 14.0. The molecule has 0 atom stereocenters. The molecule has 37 heavy (non-hydrogen) atoms. The summed E-state index contributed by atoms with van der Waals surface area (Å²) in [5, 5.41) is 10.1. The fourth-order valence-electron chi connectivity index (χ4n) is 5.69. The Bertz CT molecular complexity index is 1400. The van der Waals surface area contributed by atoms with E-state index in [1.165, 1.54) is 24.8 Å². The zero-order chi connectivity index (χ0) is 25.8. The van der Waals surface area contributed by atoms with Crippen LogP contribution in [-0.4, -0.2) is 60.2 Å². The smallest absolute Gasteiger partial charge is 0.272 e. The molecular formula is C29H36N5O2S+. The number of carbonyl (C=O) groups is 1. The number of nitrogens with zero attached hydrogens (tertiary/aromatic N) is 2. The van der Waals surface area contributed by atoms with Crippen molar-refractivity contribution in [2.24, 2.45) is 5.73 Å². The van der Waals surface area contributed by atoms with Crippen LogP contribution in [0.1, 0.15) is 42.5 Å². The number of quaternary nitrogens is 1. The van der Waals surface area contributed by atoms with E-state index < -0.39 is 0 Å². The normalized spacial score (nSPS) is 15.2. The molecule has 8 heteroatoms. The highest BCUT2D eigenvalue weighted by atomic mass is 32.1. The van der Waals surface area contributed by atoms with Gasteiger partial charge in [-0.3, -0.25) is 4.79 Å². The first kappa shape index (κ1) is 25.3. The molecule has 1 amide bonds. The maximum Gasteiger partial charge on any atom is 0.272 e. The zero-order valence-corrected chi connectivity index (χ0v) is 22.3. The van der Waals surface area contributed by atoms with Gasteiger partial charge < -0.3 is 25.3 Å². The van der Waals surface area contributed by atoms with Crippen LogP contribution in [-0.2, 0) is 16.0 Å². The van der Waals surface area contributed by atoms with E-state index >= 15 is 0 Å². The summed E-state index contributed by atoms with van der Waals surface area (Å²) in [6, 6.07) is 10.5. The number of piperidine rings is 1. The number of fused-ring (bicyclic) bond motifs is 3. The third-order valence-corrected chi connectivity index (χ3v) is 8.25. The summed E-state index contributed by atoms with van der Waals surface area (Å²) in [4.78, 5) is 20.5. The standard InChI is InChI=1S/C29H35N5O2S/c1-20(36-2)22-7-8-24-25(16-22)33-26-17-23(15-21-9-14-37-19-21)32-29(28(24)26)31-10-6-13-34(18-27(30)35)11-4-3-5-12-34/h7-9,14,16-17,19H,1,3-6,10-13,15,18H2,2H3,(H3-,30,31,32,33,35)/p+1. The molecule has 1 aromatic carbocycles. The quantitative estimate of drug-likeness (QED) is 0.143. The lowest BCUT2D eigenvalue weighted by Crippen LogP contribution is -2.56. The highest BCUT2D eigenvalue weighted by Gasteiger charge is 2.31. The molecule has 5 rings (SSSR count). The van der Waals surface area contributed by atoms with Gasteiger partial charge in [0.1, 0.15) is 11.6 Å². The van der Waals surface area contributed by atoms with Crippen LogP contribution in [0.5, 0.6) is 0 Å². The number of methoxy groups -OCH3 is 1. The van der Waals surface area contributed by atoms with Crippen LogP contribution in [0.25, 0.3) is 27.6 Å². The molecule has 1 fully saturated rings. The van der Waals surface area contributed by atoms with Gasteiger partial charge in [0.2, 0.25) is 0 Å². The number of hydrogen-bond acceptors (Lipinski definition) is 5. The summed E-state index contributed by atoms with van der Waals surface area (Å²) in [6.45, 7) is 8.26. The van der Waals surface area contributed by atoms with Crippen LogP contribution in [0.15, 0.2) is 47.7 Å². The molecule has 0 unspecified atom stereocenters. The van der Waals surface area contributed by atoms with Gasteiger partial charge in [0.25, 0.3) is 5.91 Å². The number of benzene rings is 1. The lowest BCUT2D eigenvalue weighted by atomic mass is 10.1. The van der Waals surface area contributed by atoms with Crippen molar-refractivity contribution in [1.82, 2.24) is 9.97 Å². The number of ether oxygens (including phenoxy) is 1. The van der Waals surface area contributed by atoms with Crippen LogP contribution in [0.4, 0.5) is 5.82 Å². The number of H-pyrrole nitrogens is 1. The van der Waals surface area contributed by atoms with Gasteiger partial charge in [0.05, 0.1) is 32.3 Å². The number of anilines is 1. The minimum absolute atomic E-state index is 0.200. The number of nitrogens with two attached hydrogens (primary N) is 1. The number of thiophene rings is 1. The third-order valence-electron chi connectivity index (χ3n) is 7.52. The number of aromatic amines is 1. The van der Waals surface area contributed by atoms with Crippen LogP contribution in [0.3, 0.4) is 0 Å². The van der Waals surface area contributed by atoms with Crippen LogP contribution in [0.2, 0.25) is 0 Å². The van der Waals surface area contributed by atoms with Crippen LogP contribution < -0.4 is 11.1 Å². The number of likely N-dealkylation sites (tertiary alicyclic amines) is 1. The minimum Gasteiger partial charge on any atom is -0.497 e. The molecule has 0 aliphatic carbocycles. The second-order valence-electron chi connectivity index (χ2n) is 10.2. The lowest BCUT2D eigenvalue weighted by molar-refractivity contribution is -0.925. The first-order chi connectivity index (χ1) is 18.0. The van der Waals surface area contributed by atoms with Crippen molar-refractivity contribution in [2.45, 2.75) is 32.1 Å². The number of amides is 1. The molecular weight excluding hydrogens is 482 g/mol. The fourth-order valence-corrected chi connectivity index (χ4v) is 6.36. The summed E-state index contributed by atoms with van der Waals surface area (Å²) in [7, 11) is 1.64. The van der Waals surface area contributed by atoms with Gasteiger partial charge in [-0.15, -0.1) is 0 Å². The van der Waals surface area contributed by atoms with Crippen molar-refractivity contribution in [3.63, 3.8) is 0 Å². The number of hydrogen-bond donors (Lipinski definition) is 3. The summed E-state index contributed by atoms with van der Waals surface area (Å²) in [5.41, 5.74) is 11.0. The molecule has 0 spiro atoms. The van der Waals surface area contributed by atoms with Gasteiger partial charge in [0.15, 0.2) is 6.54 Å². The maximum absolute atomic E-state index is 11.8. The van der Waals surface area contributed by atoms with Gasteiger partial charge in [-0.05, 0) is 53.8 Å². The number of rotatable bonds is 11. The van der Waals surface area contributed by atoms with Crippen molar-refractivity contribution in [2.75, 3.05) is 45.2 Å². The van der Waals surface area contributed by atoms with E-state index in [9.17, 15) is 4.79 Å².